The summed E-state index contributed by atoms with van der Waals surface area (Å²) in [6, 6.07) is 6.46. The molecule has 0 aliphatic carbocycles. The van der Waals surface area contributed by atoms with Crippen LogP contribution < -0.4 is 51.4 Å². The maximum Gasteiger partial charge on any atom is 1.00 e. The fraction of sp³-hybridized carbons (Fsp3) is 0.333. The summed E-state index contributed by atoms with van der Waals surface area (Å²) in [5, 5.41) is 0. The Labute approximate surface area is 129 Å². The summed E-state index contributed by atoms with van der Waals surface area (Å²) in [6.07, 6.45) is 0. The van der Waals surface area contributed by atoms with E-state index in [0.29, 0.717) is 5.56 Å². The largest absolute Gasteiger partial charge is 1.00 e. The first-order valence-electron chi connectivity index (χ1n) is 3.99. The summed E-state index contributed by atoms with van der Waals surface area (Å²) in [7, 11) is -4.08. The van der Waals surface area contributed by atoms with E-state index in [4.69, 9.17) is 4.55 Å². The van der Waals surface area contributed by atoms with Gasteiger partial charge in [-0.05, 0) is 17.5 Å². The first-order chi connectivity index (χ1) is 5.93. The molecule has 0 fully saturated rings. The topological polar surface area (TPSA) is 54.4 Å². The third-order valence-corrected chi connectivity index (χ3v) is 2.75. The van der Waals surface area contributed by atoms with Gasteiger partial charge in [0.2, 0.25) is 0 Å². The molecule has 1 N–H and O–H groups in total. The summed E-state index contributed by atoms with van der Waals surface area (Å²) in [5.41, 5.74) is 0.644. The first-order valence-corrected chi connectivity index (χ1v) is 5.43. The van der Waals surface area contributed by atoms with Gasteiger partial charge in [-0.2, -0.15) is 8.42 Å². The van der Waals surface area contributed by atoms with Crippen molar-refractivity contribution in [1.29, 1.82) is 0 Å². The van der Waals surface area contributed by atoms with E-state index in [1.165, 1.54) is 6.07 Å². The molecule has 3 nitrogen and oxygen atoms in total. The molecule has 0 aliphatic rings. The molecule has 0 aliphatic heterocycles. The Morgan fingerprint density at radius 1 is 1.29 bits per heavy atom. The summed E-state index contributed by atoms with van der Waals surface area (Å²) in [6.45, 7) is 3.76. The van der Waals surface area contributed by atoms with Gasteiger partial charge in [0.05, 0.1) is 4.90 Å². The van der Waals surface area contributed by atoms with E-state index in [2.05, 4.69) is 0 Å². The van der Waals surface area contributed by atoms with Crippen LogP contribution in [-0.4, -0.2) is 13.0 Å². The van der Waals surface area contributed by atoms with Crippen LogP contribution in [-0.2, 0) is 10.1 Å². The van der Waals surface area contributed by atoms with Crippen LogP contribution in [0.4, 0.5) is 0 Å². The van der Waals surface area contributed by atoms with Gasteiger partial charge in [0, 0.05) is 0 Å². The van der Waals surface area contributed by atoms with Crippen LogP contribution >= 0.6 is 0 Å². The van der Waals surface area contributed by atoms with Crippen molar-refractivity contribution in [3.63, 3.8) is 0 Å². The van der Waals surface area contributed by atoms with E-state index in [1.54, 1.807) is 18.2 Å². The Morgan fingerprint density at radius 2 is 1.79 bits per heavy atom. The molecule has 0 aromatic heterocycles. The predicted octanol–water partition coefficient (Wildman–Crippen LogP) is -0.827. The summed E-state index contributed by atoms with van der Waals surface area (Å²) in [4.78, 5) is 0.00463. The molecular formula is C9H13KO3S. The summed E-state index contributed by atoms with van der Waals surface area (Å²) in [5.74, 6) is 0.0816. The van der Waals surface area contributed by atoms with E-state index in [1.807, 2.05) is 13.8 Å². The third-order valence-electron chi connectivity index (χ3n) is 1.82. The zero-order valence-corrected chi connectivity index (χ0v) is 12.5. The molecule has 0 heterocycles. The van der Waals surface area contributed by atoms with Crippen molar-refractivity contribution in [1.82, 2.24) is 0 Å². The van der Waals surface area contributed by atoms with Gasteiger partial charge in [0.1, 0.15) is 0 Å². The maximum atomic E-state index is 10.9. The molecule has 0 saturated heterocycles. The number of hydrogen-bond acceptors (Lipinski definition) is 2. The average Bonchev–Trinajstić information content (AvgIpc) is 2.03. The SMILES string of the molecule is CC(C)c1ccccc1S(=O)(=O)O.[H-].[K+]. The molecule has 1 aromatic rings. The number of hydrogen-bond donors (Lipinski definition) is 1. The van der Waals surface area contributed by atoms with Crippen molar-refractivity contribution in [2.45, 2.75) is 24.7 Å². The minimum absolute atomic E-state index is 0. The molecule has 14 heavy (non-hydrogen) atoms. The molecule has 0 bridgehead atoms. The molecule has 0 saturated carbocycles. The monoisotopic (exact) mass is 240 g/mol. The van der Waals surface area contributed by atoms with E-state index in [0.717, 1.165) is 0 Å². The van der Waals surface area contributed by atoms with Gasteiger partial charge in [-0.25, -0.2) is 0 Å². The zero-order valence-electron chi connectivity index (χ0n) is 9.56. The van der Waals surface area contributed by atoms with E-state index in [9.17, 15) is 8.42 Å². The molecule has 74 valence electrons. The zero-order chi connectivity index (χ0) is 10.1. The number of benzene rings is 1. The Bertz CT molecular complexity index is 404. The average molecular weight is 240 g/mol. The number of rotatable bonds is 2. The van der Waals surface area contributed by atoms with Crippen molar-refractivity contribution < 1.29 is 65.8 Å². The molecule has 1 aromatic carbocycles. The van der Waals surface area contributed by atoms with E-state index >= 15 is 0 Å². The molecule has 0 radical (unpaired) electrons. The quantitative estimate of drug-likeness (QED) is 0.542. The normalized spacial score (nSPS) is 11.1. The second kappa shape index (κ2) is 5.74. The van der Waals surface area contributed by atoms with E-state index in [-0.39, 0.29) is 63.6 Å². The summed E-state index contributed by atoms with van der Waals surface area (Å²) < 4.78 is 30.7. The van der Waals surface area contributed by atoms with Crippen molar-refractivity contribution in [2.75, 3.05) is 0 Å². The van der Waals surface area contributed by atoms with Crippen molar-refractivity contribution >= 4 is 10.1 Å². The molecule has 5 heteroatoms. The van der Waals surface area contributed by atoms with Gasteiger partial charge in [-0.15, -0.1) is 0 Å². The smallest absolute Gasteiger partial charge is 1.00 e. The van der Waals surface area contributed by atoms with E-state index < -0.39 is 10.1 Å². The second-order valence-electron chi connectivity index (χ2n) is 3.17. The van der Waals surface area contributed by atoms with Crippen LogP contribution in [0.25, 0.3) is 0 Å². The standard InChI is InChI=1S/C9H12O3S.K.H/c1-7(2)8-5-3-4-6-9(8)13(10,11)12;;/h3-7H,1-2H3,(H,10,11,12);;/q;+1;-1. The van der Waals surface area contributed by atoms with Crippen molar-refractivity contribution in [3.8, 4) is 0 Å². The van der Waals surface area contributed by atoms with Crippen molar-refractivity contribution in [3.05, 3.63) is 29.8 Å². The molecule has 0 amide bonds. The Kier molecular flexibility index (Phi) is 6.06. The van der Waals surface area contributed by atoms with Crippen LogP contribution in [0, 0.1) is 0 Å². The second-order valence-corrected chi connectivity index (χ2v) is 4.56. The molecule has 0 unspecified atom stereocenters. The third kappa shape index (κ3) is 3.73. The Hall–Kier alpha value is 0.766. The van der Waals surface area contributed by atoms with Gasteiger partial charge >= 0.3 is 51.4 Å². The van der Waals surface area contributed by atoms with Crippen molar-refractivity contribution in [2.24, 2.45) is 0 Å². The molecule has 0 atom stereocenters. The van der Waals surface area contributed by atoms with Gasteiger partial charge in [0.25, 0.3) is 10.1 Å². The predicted molar refractivity (Wildman–Crippen MR) is 51.5 cm³/mol. The van der Waals surface area contributed by atoms with Gasteiger partial charge in [-0.1, -0.05) is 32.0 Å². The molecule has 0 spiro atoms. The fourth-order valence-corrected chi connectivity index (χ4v) is 2.04. The minimum Gasteiger partial charge on any atom is -1.00 e. The maximum absolute atomic E-state index is 10.9. The van der Waals surface area contributed by atoms with Crippen LogP contribution in [0.5, 0.6) is 0 Å². The summed E-state index contributed by atoms with van der Waals surface area (Å²) >= 11 is 0. The van der Waals surface area contributed by atoms with Gasteiger partial charge in [0.15, 0.2) is 0 Å². The molecular weight excluding hydrogens is 227 g/mol. The van der Waals surface area contributed by atoms with Gasteiger partial charge in [-0.3, -0.25) is 4.55 Å². The van der Waals surface area contributed by atoms with Crippen LogP contribution in [0.15, 0.2) is 29.2 Å². The van der Waals surface area contributed by atoms with Crippen LogP contribution in [0.1, 0.15) is 26.8 Å². The minimum atomic E-state index is -4.08. The van der Waals surface area contributed by atoms with Gasteiger partial charge < -0.3 is 1.43 Å². The Balaban J connectivity index is 0. The fourth-order valence-electron chi connectivity index (χ4n) is 1.19. The first kappa shape index (κ1) is 14.8. The van der Waals surface area contributed by atoms with Crippen LogP contribution in [0.2, 0.25) is 0 Å². The molecule has 1 rings (SSSR count). The van der Waals surface area contributed by atoms with Crippen LogP contribution in [0.3, 0.4) is 0 Å². The Morgan fingerprint density at radius 3 is 2.14 bits per heavy atom.